The van der Waals surface area contributed by atoms with Crippen LogP contribution in [0.15, 0.2) is 30.3 Å². The fourth-order valence-electron chi connectivity index (χ4n) is 2.27. The summed E-state index contributed by atoms with van der Waals surface area (Å²) >= 11 is 0. The van der Waals surface area contributed by atoms with Crippen LogP contribution in [0, 0.1) is 0 Å². The third-order valence-corrected chi connectivity index (χ3v) is 3.43. The smallest absolute Gasteiger partial charge is 0.317 e. The Hall–Kier alpha value is -1.59. The second-order valence-electron chi connectivity index (χ2n) is 5.11. The fourth-order valence-corrected chi connectivity index (χ4v) is 2.27. The van der Waals surface area contributed by atoms with Gasteiger partial charge < -0.3 is 20.1 Å². The highest BCUT2D eigenvalue weighted by atomic mass is 16.5. The predicted octanol–water partition coefficient (Wildman–Crippen LogP) is 1.54. The van der Waals surface area contributed by atoms with Crippen LogP contribution in [-0.2, 0) is 4.74 Å². The highest BCUT2D eigenvalue weighted by Gasteiger charge is 2.19. The molecule has 2 unspecified atom stereocenters. The Morgan fingerprint density at radius 1 is 1.35 bits per heavy atom. The van der Waals surface area contributed by atoms with Gasteiger partial charge in [0.05, 0.1) is 19.3 Å². The number of nitrogens with zero attached hydrogens (tertiary/aromatic N) is 1. The van der Waals surface area contributed by atoms with Gasteiger partial charge in [-0.1, -0.05) is 30.3 Å². The molecule has 1 aliphatic rings. The molecule has 1 aliphatic heterocycles. The average molecular weight is 278 g/mol. The van der Waals surface area contributed by atoms with Crippen LogP contribution in [0.4, 0.5) is 4.79 Å². The van der Waals surface area contributed by atoms with Crippen molar-refractivity contribution in [2.45, 2.75) is 25.5 Å². The van der Waals surface area contributed by atoms with Crippen molar-refractivity contribution >= 4 is 6.03 Å². The maximum absolute atomic E-state index is 12.0. The van der Waals surface area contributed by atoms with E-state index in [0.29, 0.717) is 32.7 Å². The molecule has 0 bridgehead atoms. The van der Waals surface area contributed by atoms with Gasteiger partial charge in [-0.25, -0.2) is 4.79 Å². The molecule has 2 rings (SSSR count). The van der Waals surface area contributed by atoms with Gasteiger partial charge in [0.15, 0.2) is 0 Å². The monoisotopic (exact) mass is 278 g/mol. The number of morpholine rings is 1. The molecule has 20 heavy (non-hydrogen) atoms. The first-order chi connectivity index (χ1) is 9.66. The van der Waals surface area contributed by atoms with Gasteiger partial charge in [-0.05, 0) is 18.9 Å². The summed E-state index contributed by atoms with van der Waals surface area (Å²) in [5, 5.41) is 13.1. The van der Waals surface area contributed by atoms with Gasteiger partial charge in [-0.15, -0.1) is 0 Å². The molecule has 1 saturated heterocycles. The molecule has 0 saturated carbocycles. The maximum atomic E-state index is 12.0. The number of nitrogens with one attached hydrogen (secondary N) is 1. The zero-order valence-electron chi connectivity index (χ0n) is 11.8. The van der Waals surface area contributed by atoms with E-state index in [1.807, 2.05) is 37.3 Å². The first-order valence-electron chi connectivity index (χ1n) is 7.03. The first kappa shape index (κ1) is 14.8. The number of carbonyl (C=O) groups is 1. The van der Waals surface area contributed by atoms with Gasteiger partial charge in [0.25, 0.3) is 0 Å². The first-order valence-corrected chi connectivity index (χ1v) is 7.03. The third kappa shape index (κ3) is 4.21. The molecule has 0 radical (unpaired) electrons. The van der Waals surface area contributed by atoms with E-state index in [4.69, 9.17) is 4.74 Å². The molecule has 1 heterocycles. The van der Waals surface area contributed by atoms with Crippen molar-refractivity contribution in [3.05, 3.63) is 35.9 Å². The van der Waals surface area contributed by atoms with E-state index in [9.17, 15) is 9.90 Å². The van der Waals surface area contributed by atoms with Crippen molar-refractivity contribution in [2.75, 3.05) is 26.3 Å². The van der Waals surface area contributed by atoms with E-state index in [-0.39, 0.29) is 12.1 Å². The molecule has 1 aromatic carbocycles. The van der Waals surface area contributed by atoms with Crippen LogP contribution in [0.2, 0.25) is 0 Å². The average Bonchev–Trinajstić information content (AvgIpc) is 2.49. The van der Waals surface area contributed by atoms with E-state index < -0.39 is 6.10 Å². The van der Waals surface area contributed by atoms with Gasteiger partial charge in [0, 0.05) is 19.1 Å². The van der Waals surface area contributed by atoms with Gasteiger partial charge in [0.1, 0.15) is 0 Å². The number of hydrogen-bond donors (Lipinski definition) is 2. The zero-order chi connectivity index (χ0) is 14.4. The van der Waals surface area contributed by atoms with Crippen LogP contribution < -0.4 is 5.32 Å². The van der Waals surface area contributed by atoms with Crippen LogP contribution in [0.5, 0.6) is 0 Å². The topological polar surface area (TPSA) is 61.8 Å². The van der Waals surface area contributed by atoms with E-state index in [1.165, 1.54) is 0 Å². The molecule has 5 nitrogen and oxygen atoms in total. The summed E-state index contributed by atoms with van der Waals surface area (Å²) in [6, 6.07) is 9.33. The summed E-state index contributed by atoms with van der Waals surface area (Å²) in [4.78, 5) is 13.7. The molecule has 0 aromatic heterocycles. The second kappa shape index (κ2) is 7.26. The molecule has 0 aliphatic carbocycles. The lowest BCUT2D eigenvalue weighted by Gasteiger charge is -2.29. The number of rotatable bonds is 4. The molecule has 1 aromatic rings. The Bertz CT molecular complexity index is 418. The standard InChI is InChI=1S/C15H22N2O3/c1-12(11-14(18)13-5-3-2-4-6-13)16-15(19)17-7-9-20-10-8-17/h2-6,12,14,18H,7-11H2,1H3,(H,16,19). The van der Waals surface area contributed by atoms with Crippen molar-refractivity contribution in [1.82, 2.24) is 10.2 Å². The molecule has 1 fully saturated rings. The minimum Gasteiger partial charge on any atom is -0.388 e. The van der Waals surface area contributed by atoms with Crippen LogP contribution in [-0.4, -0.2) is 48.4 Å². The highest BCUT2D eigenvalue weighted by Crippen LogP contribution is 2.17. The fraction of sp³-hybridized carbons (Fsp3) is 0.533. The number of aliphatic hydroxyl groups is 1. The molecular formula is C15H22N2O3. The summed E-state index contributed by atoms with van der Waals surface area (Å²) < 4.78 is 5.22. The lowest BCUT2D eigenvalue weighted by molar-refractivity contribution is 0.0519. The van der Waals surface area contributed by atoms with Crippen molar-refractivity contribution in [2.24, 2.45) is 0 Å². The third-order valence-electron chi connectivity index (χ3n) is 3.43. The molecule has 2 N–H and O–H groups in total. The molecule has 2 amide bonds. The molecule has 5 heteroatoms. The Morgan fingerprint density at radius 2 is 2.00 bits per heavy atom. The predicted molar refractivity (Wildman–Crippen MR) is 76.4 cm³/mol. The van der Waals surface area contributed by atoms with Crippen molar-refractivity contribution < 1.29 is 14.6 Å². The number of urea groups is 1. The second-order valence-corrected chi connectivity index (χ2v) is 5.11. The van der Waals surface area contributed by atoms with E-state index in [2.05, 4.69) is 5.32 Å². The number of benzene rings is 1. The summed E-state index contributed by atoms with van der Waals surface area (Å²) in [6.45, 7) is 4.34. The lowest BCUT2D eigenvalue weighted by Crippen LogP contribution is -2.48. The van der Waals surface area contributed by atoms with Crippen LogP contribution in [0.25, 0.3) is 0 Å². The summed E-state index contributed by atoms with van der Waals surface area (Å²) in [5.41, 5.74) is 0.875. The number of amides is 2. The Kier molecular flexibility index (Phi) is 5.38. The number of hydrogen-bond acceptors (Lipinski definition) is 3. The largest absolute Gasteiger partial charge is 0.388 e. The minimum atomic E-state index is -0.559. The number of ether oxygens (including phenoxy) is 1. The van der Waals surface area contributed by atoms with Gasteiger partial charge in [0.2, 0.25) is 0 Å². The zero-order valence-corrected chi connectivity index (χ0v) is 11.8. The number of carbonyl (C=O) groups excluding carboxylic acids is 1. The normalized spacial score (nSPS) is 18.4. The minimum absolute atomic E-state index is 0.0824. The summed E-state index contributed by atoms with van der Waals surface area (Å²) in [6.07, 6.45) is -0.0590. The van der Waals surface area contributed by atoms with E-state index in [1.54, 1.807) is 4.90 Å². The molecule has 2 atom stereocenters. The van der Waals surface area contributed by atoms with Crippen molar-refractivity contribution in [1.29, 1.82) is 0 Å². The maximum Gasteiger partial charge on any atom is 0.317 e. The SMILES string of the molecule is CC(CC(O)c1ccccc1)NC(=O)N1CCOCC1. The Labute approximate surface area is 119 Å². The van der Waals surface area contributed by atoms with Gasteiger partial charge >= 0.3 is 6.03 Å². The number of aliphatic hydroxyl groups excluding tert-OH is 1. The van der Waals surface area contributed by atoms with Crippen LogP contribution in [0.3, 0.4) is 0 Å². The van der Waals surface area contributed by atoms with Crippen LogP contribution >= 0.6 is 0 Å². The Balaban J connectivity index is 1.79. The van der Waals surface area contributed by atoms with E-state index in [0.717, 1.165) is 5.56 Å². The van der Waals surface area contributed by atoms with Crippen molar-refractivity contribution in [3.8, 4) is 0 Å². The lowest BCUT2D eigenvalue weighted by atomic mass is 10.0. The molecule has 110 valence electrons. The Morgan fingerprint density at radius 3 is 2.65 bits per heavy atom. The van der Waals surface area contributed by atoms with Gasteiger partial charge in [-0.2, -0.15) is 0 Å². The highest BCUT2D eigenvalue weighted by molar-refractivity contribution is 5.74. The van der Waals surface area contributed by atoms with E-state index >= 15 is 0 Å². The summed E-state index contributed by atoms with van der Waals surface area (Å²) in [5.74, 6) is 0. The summed E-state index contributed by atoms with van der Waals surface area (Å²) in [7, 11) is 0. The van der Waals surface area contributed by atoms with Crippen molar-refractivity contribution in [3.63, 3.8) is 0 Å². The van der Waals surface area contributed by atoms with Crippen LogP contribution in [0.1, 0.15) is 25.0 Å². The quantitative estimate of drug-likeness (QED) is 0.878. The molecule has 0 spiro atoms. The molecular weight excluding hydrogens is 256 g/mol. The van der Waals surface area contributed by atoms with Gasteiger partial charge in [-0.3, -0.25) is 0 Å².